The number of phenolic OH excluding ortho intramolecular Hbond substituents is 1. The van der Waals surface area contributed by atoms with Gasteiger partial charge in [0.2, 0.25) is 0 Å². The predicted octanol–water partition coefficient (Wildman–Crippen LogP) is 1.69. The Morgan fingerprint density at radius 1 is 1.56 bits per heavy atom. The van der Waals surface area contributed by atoms with Crippen molar-refractivity contribution < 1.29 is 14.2 Å². The van der Waals surface area contributed by atoms with Crippen LogP contribution < -0.4 is 10.1 Å². The number of nitrogens with one attached hydrogen (secondary N) is 1. The summed E-state index contributed by atoms with van der Waals surface area (Å²) >= 11 is 0. The number of hydrogen-bond donors (Lipinski definition) is 2. The second-order valence-electron chi connectivity index (χ2n) is 4.17. The molecule has 1 saturated heterocycles. The van der Waals surface area contributed by atoms with E-state index in [1.807, 2.05) is 0 Å². The van der Waals surface area contributed by atoms with E-state index in [4.69, 9.17) is 4.74 Å². The van der Waals surface area contributed by atoms with Gasteiger partial charge in [0.05, 0.1) is 7.11 Å². The van der Waals surface area contributed by atoms with Crippen LogP contribution in [0.5, 0.6) is 11.5 Å². The topological polar surface area (TPSA) is 41.5 Å². The van der Waals surface area contributed by atoms with Crippen LogP contribution in [0.4, 0.5) is 4.39 Å². The number of hydrogen-bond acceptors (Lipinski definition) is 3. The highest BCUT2D eigenvalue weighted by molar-refractivity contribution is 5.41. The lowest BCUT2D eigenvalue weighted by molar-refractivity contribution is 0.397. The van der Waals surface area contributed by atoms with Crippen molar-refractivity contribution in [1.82, 2.24) is 5.32 Å². The van der Waals surface area contributed by atoms with Gasteiger partial charge in [-0.25, -0.2) is 4.39 Å². The SMILES string of the molecule is COc1cc(O)c(CC2CCNC2)c(F)c1. The molecule has 2 N–H and O–H groups in total. The average Bonchev–Trinajstić information content (AvgIpc) is 2.75. The molecule has 2 rings (SSSR count). The van der Waals surface area contributed by atoms with E-state index in [1.165, 1.54) is 19.2 Å². The minimum absolute atomic E-state index is 0.0104. The van der Waals surface area contributed by atoms with Gasteiger partial charge >= 0.3 is 0 Å². The number of aromatic hydroxyl groups is 1. The summed E-state index contributed by atoms with van der Waals surface area (Å²) in [5.41, 5.74) is 0.398. The van der Waals surface area contributed by atoms with Crippen molar-refractivity contribution in [2.75, 3.05) is 20.2 Å². The number of rotatable bonds is 3. The Morgan fingerprint density at radius 3 is 2.94 bits per heavy atom. The number of methoxy groups -OCH3 is 1. The lowest BCUT2D eigenvalue weighted by Gasteiger charge is -2.12. The Labute approximate surface area is 94.2 Å². The van der Waals surface area contributed by atoms with E-state index >= 15 is 0 Å². The molecule has 88 valence electrons. The molecule has 1 heterocycles. The van der Waals surface area contributed by atoms with Crippen LogP contribution in [0, 0.1) is 11.7 Å². The molecule has 4 heteroatoms. The summed E-state index contributed by atoms with van der Waals surface area (Å²) in [4.78, 5) is 0. The lowest BCUT2D eigenvalue weighted by Crippen LogP contribution is -2.11. The molecule has 0 bridgehead atoms. The maximum absolute atomic E-state index is 13.7. The fourth-order valence-corrected chi connectivity index (χ4v) is 2.10. The Morgan fingerprint density at radius 2 is 2.38 bits per heavy atom. The molecule has 1 unspecified atom stereocenters. The van der Waals surface area contributed by atoms with Crippen LogP contribution in [-0.4, -0.2) is 25.3 Å². The summed E-state index contributed by atoms with van der Waals surface area (Å²) < 4.78 is 18.6. The monoisotopic (exact) mass is 225 g/mol. The third-order valence-electron chi connectivity index (χ3n) is 3.04. The largest absolute Gasteiger partial charge is 0.507 e. The Balaban J connectivity index is 2.19. The molecule has 1 aliphatic heterocycles. The Bertz CT molecular complexity index is 352. The minimum Gasteiger partial charge on any atom is -0.507 e. The van der Waals surface area contributed by atoms with Crippen LogP contribution in [0.3, 0.4) is 0 Å². The van der Waals surface area contributed by atoms with E-state index in [9.17, 15) is 9.50 Å². The summed E-state index contributed by atoms with van der Waals surface area (Å²) in [6.07, 6.45) is 1.61. The fraction of sp³-hybridized carbons (Fsp3) is 0.500. The Kier molecular flexibility index (Phi) is 3.29. The molecule has 0 aromatic heterocycles. The molecule has 16 heavy (non-hydrogen) atoms. The number of halogens is 1. The number of benzene rings is 1. The van der Waals surface area contributed by atoms with E-state index in [0.717, 1.165) is 19.5 Å². The predicted molar refractivity (Wildman–Crippen MR) is 59.3 cm³/mol. The highest BCUT2D eigenvalue weighted by Gasteiger charge is 2.19. The first-order valence-electron chi connectivity index (χ1n) is 5.47. The normalized spacial score (nSPS) is 20.0. The van der Waals surface area contributed by atoms with Crippen LogP contribution in [0.25, 0.3) is 0 Å². The van der Waals surface area contributed by atoms with Gasteiger partial charge in [-0.1, -0.05) is 0 Å². The minimum atomic E-state index is -0.385. The molecule has 3 nitrogen and oxygen atoms in total. The smallest absolute Gasteiger partial charge is 0.133 e. The third kappa shape index (κ3) is 2.27. The molecular formula is C12H16FNO2. The van der Waals surface area contributed by atoms with E-state index in [1.54, 1.807) is 0 Å². The summed E-state index contributed by atoms with van der Waals surface area (Å²) in [7, 11) is 1.45. The van der Waals surface area contributed by atoms with Crippen molar-refractivity contribution in [2.24, 2.45) is 5.92 Å². The lowest BCUT2D eigenvalue weighted by atomic mass is 9.97. The maximum atomic E-state index is 13.7. The van der Waals surface area contributed by atoms with E-state index in [0.29, 0.717) is 23.7 Å². The molecule has 0 spiro atoms. The zero-order valence-electron chi connectivity index (χ0n) is 9.29. The van der Waals surface area contributed by atoms with Crippen molar-refractivity contribution >= 4 is 0 Å². The molecular weight excluding hydrogens is 209 g/mol. The fourth-order valence-electron chi connectivity index (χ4n) is 2.10. The maximum Gasteiger partial charge on any atom is 0.133 e. The van der Waals surface area contributed by atoms with Crippen molar-refractivity contribution in [2.45, 2.75) is 12.8 Å². The molecule has 0 amide bonds. The first-order chi connectivity index (χ1) is 7.70. The number of ether oxygens (including phenoxy) is 1. The van der Waals surface area contributed by atoms with E-state index in [-0.39, 0.29) is 11.6 Å². The first kappa shape index (κ1) is 11.2. The standard InChI is InChI=1S/C12H16FNO2/c1-16-9-5-11(13)10(12(15)6-9)4-8-2-3-14-7-8/h5-6,8,14-15H,2-4,7H2,1H3. The van der Waals surface area contributed by atoms with Gasteiger partial charge in [-0.3, -0.25) is 0 Å². The molecule has 1 aromatic carbocycles. The van der Waals surface area contributed by atoms with Crippen LogP contribution in [0.15, 0.2) is 12.1 Å². The molecule has 1 aliphatic rings. The molecule has 0 radical (unpaired) electrons. The molecule has 1 fully saturated rings. The summed E-state index contributed by atoms with van der Waals surface area (Å²) in [6.45, 7) is 1.87. The molecule has 0 saturated carbocycles. The van der Waals surface area contributed by atoms with Gasteiger partial charge in [0.15, 0.2) is 0 Å². The zero-order chi connectivity index (χ0) is 11.5. The van der Waals surface area contributed by atoms with Crippen LogP contribution in [0.1, 0.15) is 12.0 Å². The van der Waals surface area contributed by atoms with Crippen LogP contribution >= 0.6 is 0 Å². The van der Waals surface area contributed by atoms with Gasteiger partial charge in [-0.15, -0.1) is 0 Å². The van der Waals surface area contributed by atoms with E-state index < -0.39 is 0 Å². The number of phenols is 1. The van der Waals surface area contributed by atoms with Gasteiger partial charge in [-0.2, -0.15) is 0 Å². The van der Waals surface area contributed by atoms with E-state index in [2.05, 4.69) is 5.32 Å². The average molecular weight is 225 g/mol. The molecule has 1 aromatic rings. The van der Waals surface area contributed by atoms with Crippen LogP contribution in [-0.2, 0) is 6.42 Å². The van der Waals surface area contributed by atoms with Crippen molar-refractivity contribution in [1.29, 1.82) is 0 Å². The van der Waals surface area contributed by atoms with Gasteiger partial charge in [0.25, 0.3) is 0 Å². The summed E-state index contributed by atoms with van der Waals surface area (Å²) in [6, 6.07) is 2.78. The zero-order valence-corrected chi connectivity index (χ0v) is 9.29. The van der Waals surface area contributed by atoms with Gasteiger partial charge in [0, 0.05) is 17.7 Å². The summed E-state index contributed by atoms with van der Waals surface area (Å²) in [5, 5.41) is 12.9. The quantitative estimate of drug-likeness (QED) is 0.822. The first-order valence-corrected chi connectivity index (χ1v) is 5.47. The van der Waals surface area contributed by atoms with Crippen molar-refractivity contribution in [3.05, 3.63) is 23.5 Å². The van der Waals surface area contributed by atoms with Crippen LogP contribution in [0.2, 0.25) is 0 Å². The van der Waals surface area contributed by atoms with Gasteiger partial charge < -0.3 is 15.2 Å². The molecule has 1 atom stereocenters. The van der Waals surface area contributed by atoms with Gasteiger partial charge in [-0.05, 0) is 31.8 Å². The molecule has 0 aliphatic carbocycles. The second kappa shape index (κ2) is 4.70. The second-order valence-corrected chi connectivity index (χ2v) is 4.17. The highest BCUT2D eigenvalue weighted by Crippen LogP contribution is 2.29. The third-order valence-corrected chi connectivity index (χ3v) is 3.04. The Hall–Kier alpha value is -1.29. The van der Waals surface area contributed by atoms with Crippen molar-refractivity contribution in [3.8, 4) is 11.5 Å². The highest BCUT2D eigenvalue weighted by atomic mass is 19.1. The van der Waals surface area contributed by atoms with Crippen molar-refractivity contribution in [3.63, 3.8) is 0 Å². The summed E-state index contributed by atoms with van der Waals surface area (Å²) in [5.74, 6) is 0.365. The van der Waals surface area contributed by atoms with Gasteiger partial charge in [0.1, 0.15) is 17.3 Å².